The topological polar surface area (TPSA) is 26.0 Å². The molecule has 0 fully saturated rings. The van der Waals surface area contributed by atoms with Gasteiger partial charge < -0.3 is 5.73 Å². The van der Waals surface area contributed by atoms with Crippen molar-refractivity contribution in [3.05, 3.63) is 34.3 Å². The minimum absolute atomic E-state index is 0.0492. The first-order valence-electron chi connectivity index (χ1n) is 5.08. The number of aryl methyl sites for hydroxylation is 1. The molecule has 14 heavy (non-hydrogen) atoms. The van der Waals surface area contributed by atoms with Crippen LogP contribution in [0.2, 0.25) is 5.02 Å². The lowest BCUT2D eigenvalue weighted by Gasteiger charge is -2.20. The predicted molar refractivity (Wildman–Crippen MR) is 62.6 cm³/mol. The summed E-state index contributed by atoms with van der Waals surface area (Å²) in [6.45, 7) is 6.33. The van der Waals surface area contributed by atoms with Gasteiger partial charge in [-0.1, -0.05) is 44.0 Å². The molecule has 0 aliphatic rings. The third-order valence-electron chi connectivity index (χ3n) is 2.77. The highest BCUT2D eigenvalue weighted by Gasteiger charge is 2.15. The van der Waals surface area contributed by atoms with Gasteiger partial charge in [0.15, 0.2) is 0 Å². The number of hydrogen-bond donors (Lipinski definition) is 1. The van der Waals surface area contributed by atoms with Crippen LogP contribution in [0.15, 0.2) is 18.2 Å². The van der Waals surface area contributed by atoms with Gasteiger partial charge in [0, 0.05) is 11.1 Å². The first-order valence-corrected chi connectivity index (χ1v) is 5.45. The van der Waals surface area contributed by atoms with Gasteiger partial charge in [-0.05, 0) is 30.0 Å². The Bertz CT molecular complexity index is 309. The van der Waals surface area contributed by atoms with Crippen molar-refractivity contribution in [2.45, 2.75) is 33.2 Å². The zero-order valence-electron chi connectivity index (χ0n) is 9.05. The van der Waals surface area contributed by atoms with Crippen molar-refractivity contribution >= 4 is 11.6 Å². The highest BCUT2D eigenvalue weighted by Crippen LogP contribution is 2.28. The standard InChI is InChI=1S/C12H18ClN/c1-4-9(3)12(14)10-6-5-8(2)7-11(10)13/h5-7,9,12H,4,14H2,1-3H3. The second-order valence-electron chi connectivity index (χ2n) is 3.94. The molecule has 0 aliphatic heterocycles. The van der Waals surface area contributed by atoms with E-state index >= 15 is 0 Å². The molecule has 1 aromatic rings. The Labute approximate surface area is 91.3 Å². The molecule has 0 amide bonds. The predicted octanol–water partition coefficient (Wildman–Crippen LogP) is 3.69. The first-order chi connectivity index (χ1) is 6.56. The Morgan fingerprint density at radius 2 is 2.07 bits per heavy atom. The Balaban J connectivity index is 2.95. The minimum atomic E-state index is 0.0492. The van der Waals surface area contributed by atoms with Crippen molar-refractivity contribution in [2.75, 3.05) is 0 Å². The van der Waals surface area contributed by atoms with Crippen molar-refractivity contribution in [1.29, 1.82) is 0 Å². The highest BCUT2D eigenvalue weighted by atomic mass is 35.5. The molecular formula is C12H18ClN. The summed E-state index contributed by atoms with van der Waals surface area (Å²) in [5.41, 5.74) is 8.35. The van der Waals surface area contributed by atoms with E-state index in [1.54, 1.807) is 0 Å². The van der Waals surface area contributed by atoms with Gasteiger partial charge in [-0.3, -0.25) is 0 Å². The molecule has 2 atom stereocenters. The smallest absolute Gasteiger partial charge is 0.0456 e. The lowest BCUT2D eigenvalue weighted by molar-refractivity contribution is 0.457. The van der Waals surface area contributed by atoms with Crippen LogP contribution < -0.4 is 5.73 Å². The van der Waals surface area contributed by atoms with Gasteiger partial charge in [-0.25, -0.2) is 0 Å². The van der Waals surface area contributed by atoms with Gasteiger partial charge in [0.25, 0.3) is 0 Å². The van der Waals surface area contributed by atoms with Crippen LogP contribution in [0.5, 0.6) is 0 Å². The van der Waals surface area contributed by atoms with E-state index in [0.29, 0.717) is 5.92 Å². The number of nitrogens with two attached hydrogens (primary N) is 1. The van der Waals surface area contributed by atoms with Crippen LogP contribution in [0.4, 0.5) is 0 Å². The van der Waals surface area contributed by atoms with E-state index in [2.05, 4.69) is 19.9 Å². The molecule has 2 unspecified atom stereocenters. The van der Waals surface area contributed by atoms with E-state index in [0.717, 1.165) is 17.0 Å². The third-order valence-corrected chi connectivity index (χ3v) is 3.10. The van der Waals surface area contributed by atoms with Crippen molar-refractivity contribution in [1.82, 2.24) is 0 Å². The lowest BCUT2D eigenvalue weighted by Crippen LogP contribution is -2.18. The second kappa shape index (κ2) is 4.81. The molecule has 0 saturated carbocycles. The van der Waals surface area contributed by atoms with Gasteiger partial charge in [0.1, 0.15) is 0 Å². The Hall–Kier alpha value is -0.530. The Morgan fingerprint density at radius 1 is 1.43 bits per heavy atom. The molecule has 2 N–H and O–H groups in total. The summed E-state index contributed by atoms with van der Waals surface area (Å²) in [5, 5.41) is 0.790. The highest BCUT2D eigenvalue weighted by molar-refractivity contribution is 6.31. The van der Waals surface area contributed by atoms with E-state index < -0.39 is 0 Å². The number of benzene rings is 1. The quantitative estimate of drug-likeness (QED) is 0.811. The van der Waals surface area contributed by atoms with E-state index in [9.17, 15) is 0 Å². The molecule has 1 rings (SSSR count). The fraction of sp³-hybridized carbons (Fsp3) is 0.500. The molecule has 0 aliphatic carbocycles. The maximum Gasteiger partial charge on any atom is 0.0456 e. The monoisotopic (exact) mass is 211 g/mol. The maximum atomic E-state index is 6.15. The molecule has 0 heterocycles. The van der Waals surface area contributed by atoms with Gasteiger partial charge in [-0.15, -0.1) is 0 Å². The summed E-state index contributed by atoms with van der Waals surface area (Å²) in [6, 6.07) is 6.12. The molecule has 78 valence electrons. The molecular weight excluding hydrogens is 194 g/mol. The van der Waals surface area contributed by atoms with Crippen LogP contribution in [0.25, 0.3) is 0 Å². The summed E-state index contributed by atoms with van der Waals surface area (Å²) in [5.74, 6) is 0.468. The zero-order chi connectivity index (χ0) is 10.7. The molecule has 0 spiro atoms. The third kappa shape index (κ3) is 2.49. The van der Waals surface area contributed by atoms with E-state index in [4.69, 9.17) is 17.3 Å². The summed E-state index contributed by atoms with van der Waals surface area (Å²) < 4.78 is 0. The van der Waals surface area contributed by atoms with E-state index in [-0.39, 0.29) is 6.04 Å². The van der Waals surface area contributed by atoms with E-state index in [1.807, 2.05) is 19.1 Å². The van der Waals surface area contributed by atoms with Crippen LogP contribution in [0.3, 0.4) is 0 Å². The molecule has 0 radical (unpaired) electrons. The molecule has 2 heteroatoms. The second-order valence-corrected chi connectivity index (χ2v) is 4.34. The van der Waals surface area contributed by atoms with Gasteiger partial charge >= 0.3 is 0 Å². The Kier molecular flexibility index (Phi) is 3.97. The average molecular weight is 212 g/mol. The van der Waals surface area contributed by atoms with E-state index in [1.165, 1.54) is 5.56 Å². The largest absolute Gasteiger partial charge is 0.324 e. The first kappa shape index (κ1) is 11.5. The summed E-state index contributed by atoms with van der Waals surface area (Å²) in [4.78, 5) is 0. The van der Waals surface area contributed by atoms with Crippen molar-refractivity contribution in [3.8, 4) is 0 Å². The van der Waals surface area contributed by atoms with Gasteiger partial charge in [0.05, 0.1) is 0 Å². The Morgan fingerprint density at radius 3 is 2.57 bits per heavy atom. The molecule has 0 aromatic heterocycles. The summed E-state index contributed by atoms with van der Waals surface area (Å²) >= 11 is 6.15. The summed E-state index contributed by atoms with van der Waals surface area (Å²) in [7, 11) is 0. The lowest BCUT2D eigenvalue weighted by atomic mass is 9.93. The van der Waals surface area contributed by atoms with Crippen LogP contribution in [-0.4, -0.2) is 0 Å². The van der Waals surface area contributed by atoms with Crippen molar-refractivity contribution < 1.29 is 0 Å². The fourth-order valence-corrected chi connectivity index (χ4v) is 1.82. The van der Waals surface area contributed by atoms with Gasteiger partial charge in [-0.2, -0.15) is 0 Å². The number of halogens is 1. The number of rotatable bonds is 3. The van der Waals surface area contributed by atoms with Gasteiger partial charge in [0.2, 0.25) is 0 Å². The number of hydrogen-bond acceptors (Lipinski definition) is 1. The normalized spacial score (nSPS) is 15.2. The SMILES string of the molecule is CCC(C)C(N)c1ccc(C)cc1Cl. The minimum Gasteiger partial charge on any atom is -0.324 e. The molecule has 1 aromatic carbocycles. The van der Waals surface area contributed by atoms with Crippen LogP contribution in [0.1, 0.15) is 37.4 Å². The van der Waals surface area contributed by atoms with Crippen LogP contribution in [-0.2, 0) is 0 Å². The molecule has 1 nitrogen and oxygen atoms in total. The average Bonchev–Trinajstić information content (AvgIpc) is 2.15. The van der Waals surface area contributed by atoms with Crippen molar-refractivity contribution in [3.63, 3.8) is 0 Å². The van der Waals surface area contributed by atoms with Crippen LogP contribution in [0, 0.1) is 12.8 Å². The summed E-state index contributed by atoms with van der Waals surface area (Å²) in [6.07, 6.45) is 1.07. The fourth-order valence-electron chi connectivity index (χ4n) is 1.46. The maximum absolute atomic E-state index is 6.15. The molecule has 0 saturated heterocycles. The molecule has 0 bridgehead atoms. The van der Waals surface area contributed by atoms with Crippen LogP contribution >= 0.6 is 11.6 Å². The zero-order valence-corrected chi connectivity index (χ0v) is 9.81. The van der Waals surface area contributed by atoms with Crippen molar-refractivity contribution in [2.24, 2.45) is 11.7 Å².